The predicted molar refractivity (Wildman–Crippen MR) is 76.9 cm³/mol. The monoisotopic (exact) mass is 283 g/mol. The second-order valence-corrected chi connectivity index (χ2v) is 6.29. The number of hydrogen-bond acceptors (Lipinski definition) is 3. The Kier molecular flexibility index (Phi) is 4.11. The molecule has 1 heterocycles. The van der Waals surface area contributed by atoms with E-state index in [0.717, 1.165) is 33.9 Å². The molecule has 3 N–H and O–H groups in total. The molecule has 0 amide bonds. The highest BCUT2D eigenvalue weighted by molar-refractivity contribution is 7.39. The van der Waals surface area contributed by atoms with E-state index in [4.69, 9.17) is 14.3 Å². The fourth-order valence-corrected chi connectivity index (χ4v) is 2.36. The molecular weight excluding hydrogens is 263 g/mol. The van der Waals surface area contributed by atoms with E-state index in [0.29, 0.717) is 5.75 Å². The molecule has 6 heteroatoms. The standard InChI is InChI=1S/C13H20N2O3P/c1-15(2,3)8-7-10-9-14-11-5-4-6-12(13(10)11)18-19(16)17/h4-6,9,14,16-17H,7-8H2,1-3H3/q+1. The summed E-state index contributed by atoms with van der Waals surface area (Å²) in [6.07, 6.45) is 2.86. The Morgan fingerprint density at radius 2 is 2.00 bits per heavy atom. The number of fused-ring (bicyclic) bond motifs is 1. The maximum absolute atomic E-state index is 9.04. The molecule has 2 rings (SSSR count). The molecule has 0 aliphatic carbocycles. The van der Waals surface area contributed by atoms with Crippen LogP contribution >= 0.6 is 8.60 Å². The van der Waals surface area contributed by atoms with Crippen molar-refractivity contribution in [2.24, 2.45) is 0 Å². The first-order chi connectivity index (χ1) is 8.87. The van der Waals surface area contributed by atoms with E-state index in [2.05, 4.69) is 26.1 Å². The summed E-state index contributed by atoms with van der Waals surface area (Å²) in [6, 6.07) is 5.54. The third kappa shape index (κ3) is 3.67. The average molecular weight is 283 g/mol. The highest BCUT2D eigenvalue weighted by Gasteiger charge is 2.15. The van der Waals surface area contributed by atoms with Crippen LogP contribution in [0, 0.1) is 0 Å². The summed E-state index contributed by atoms with van der Waals surface area (Å²) in [4.78, 5) is 21.3. The van der Waals surface area contributed by atoms with Gasteiger partial charge in [-0.15, -0.1) is 0 Å². The molecule has 0 atom stereocenters. The van der Waals surface area contributed by atoms with E-state index in [9.17, 15) is 0 Å². The Bertz CT molecular complexity index is 561. The molecular formula is C13H20N2O3P+. The van der Waals surface area contributed by atoms with Gasteiger partial charge in [0.05, 0.1) is 27.7 Å². The maximum Gasteiger partial charge on any atom is 0.391 e. The Balaban J connectivity index is 2.34. The second kappa shape index (κ2) is 5.47. The van der Waals surface area contributed by atoms with E-state index in [1.54, 1.807) is 6.07 Å². The largest absolute Gasteiger partial charge is 0.426 e. The molecule has 104 valence electrons. The minimum atomic E-state index is -2.39. The summed E-state index contributed by atoms with van der Waals surface area (Å²) in [5.74, 6) is 0.520. The number of H-pyrrole nitrogens is 1. The van der Waals surface area contributed by atoms with Gasteiger partial charge in [0.1, 0.15) is 5.75 Å². The van der Waals surface area contributed by atoms with Crippen molar-refractivity contribution in [2.45, 2.75) is 6.42 Å². The van der Waals surface area contributed by atoms with Crippen molar-refractivity contribution >= 4 is 19.5 Å². The molecule has 2 aromatic rings. The van der Waals surface area contributed by atoms with Gasteiger partial charge in [0, 0.05) is 23.5 Å². The van der Waals surface area contributed by atoms with E-state index in [1.807, 2.05) is 18.3 Å². The minimum absolute atomic E-state index is 0.520. The Morgan fingerprint density at radius 1 is 1.26 bits per heavy atom. The third-order valence-electron chi connectivity index (χ3n) is 2.98. The Morgan fingerprint density at radius 3 is 2.63 bits per heavy atom. The lowest BCUT2D eigenvalue weighted by atomic mass is 10.1. The number of hydrogen-bond donors (Lipinski definition) is 3. The van der Waals surface area contributed by atoms with Crippen molar-refractivity contribution in [3.8, 4) is 5.75 Å². The number of rotatable bonds is 5. The molecule has 0 radical (unpaired) electrons. The van der Waals surface area contributed by atoms with E-state index >= 15 is 0 Å². The van der Waals surface area contributed by atoms with Gasteiger partial charge in [-0.1, -0.05) is 6.07 Å². The van der Waals surface area contributed by atoms with Gasteiger partial charge in [0.15, 0.2) is 0 Å². The van der Waals surface area contributed by atoms with Crippen molar-refractivity contribution in [3.05, 3.63) is 30.0 Å². The Hall–Kier alpha value is -1.13. The smallest absolute Gasteiger partial charge is 0.391 e. The van der Waals surface area contributed by atoms with Gasteiger partial charge in [-0.3, -0.25) is 0 Å². The van der Waals surface area contributed by atoms with Crippen LogP contribution in [0.5, 0.6) is 5.75 Å². The number of benzene rings is 1. The van der Waals surface area contributed by atoms with Crippen LogP contribution in [0.2, 0.25) is 0 Å². The lowest BCUT2D eigenvalue weighted by molar-refractivity contribution is -0.870. The van der Waals surface area contributed by atoms with Gasteiger partial charge >= 0.3 is 8.60 Å². The number of likely N-dealkylation sites (N-methyl/N-ethyl adjacent to an activating group) is 1. The van der Waals surface area contributed by atoms with Gasteiger partial charge < -0.3 is 23.8 Å². The molecule has 0 spiro atoms. The van der Waals surface area contributed by atoms with Gasteiger partial charge in [-0.05, 0) is 17.7 Å². The lowest BCUT2D eigenvalue weighted by Crippen LogP contribution is -2.36. The summed E-state index contributed by atoms with van der Waals surface area (Å²) in [5.41, 5.74) is 2.08. The van der Waals surface area contributed by atoms with Crippen LogP contribution in [0.4, 0.5) is 0 Å². The fraction of sp³-hybridized carbons (Fsp3) is 0.385. The summed E-state index contributed by atoms with van der Waals surface area (Å²) in [6.45, 7) is 0.994. The SMILES string of the molecule is C[N+](C)(C)CCc1c[nH]c2cccc(OP(O)O)c12. The number of quaternary nitrogens is 1. The van der Waals surface area contributed by atoms with Crippen LogP contribution < -0.4 is 4.52 Å². The normalized spacial score (nSPS) is 12.3. The summed E-state index contributed by atoms with van der Waals surface area (Å²) >= 11 is 0. The first kappa shape index (κ1) is 14.3. The van der Waals surface area contributed by atoms with E-state index in [-0.39, 0.29) is 0 Å². The zero-order valence-corrected chi connectivity index (χ0v) is 12.3. The van der Waals surface area contributed by atoms with Crippen molar-refractivity contribution in [1.82, 2.24) is 4.98 Å². The van der Waals surface area contributed by atoms with Crippen LogP contribution in [0.25, 0.3) is 10.9 Å². The van der Waals surface area contributed by atoms with Gasteiger partial charge in [-0.25, -0.2) is 0 Å². The van der Waals surface area contributed by atoms with Crippen LogP contribution in [0.1, 0.15) is 5.56 Å². The molecule has 19 heavy (non-hydrogen) atoms. The lowest BCUT2D eigenvalue weighted by Gasteiger charge is -2.23. The average Bonchev–Trinajstić information content (AvgIpc) is 2.69. The highest BCUT2D eigenvalue weighted by Crippen LogP contribution is 2.36. The minimum Gasteiger partial charge on any atom is -0.426 e. The van der Waals surface area contributed by atoms with Gasteiger partial charge in [0.2, 0.25) is 0 Å². The molecule has 1 aromatic heterocycles. The van der Waals surface area contributed by atoms with Crippen molar-refractivity contribution in [3.63, 3.8) is 0 Å². The second-order valence-electron chi connectivity index (χ2n) is 5.60. The topological polar surface area (TPSA) is 65.5 Å². The third-order valence-corrected chi connectivity index (χ3v) is 3.34. The van der Waals surface area contributed by atoms with Crippen molar-refractivity contribution < 1.29 is 18.8 Å². The zero-order chi connectivity index (χ0) is 14.0. The first-order valence-electron chi connectivity index (χ1n) is 6.12. The van der Waals surface area contributed by atoms with Crippen LogP contribution in [-0.4, -0.2) is 46.9 Å². The molecule has 0 fully saturated rings. The molecule has 0 bridgehead atoms. The van der Waals surface area contributed by atoms with Crippen LogP contribution in [0.15, 0.2) is 24.4 Å². The van der Waals surface area contributed by atoms with Crippen molar-refractivity contribution in [1.29, 1.82) is 0 Å². The van der Waals surface area contributed by atoms with E-state index in [1.165, 1.54) is 0 Å². The maximum atomic E-state index is 9.04. The van der Waals surface area contributed by atoms with Crippen LogP contribution in [-0.2, 0) is 6.42 Å². The summed E-state index contributed by atoms with van der Waals surface area (Å²) in [5, 5.41) is 0.937. The van der Waals surface area contributed by atoms with Crippen molar-refractivity contribution in [2.75, 3.05) is 27.7 Å². The molecule has 1 aromatic carbocycles. The molecule has 0 saturated carbocycles. The molecule has 0 aliphatic heterocycles. The fourth-order valence-electron chi connectivity index (χ4n) is 2.04. The molecule has 0 unspecified atom stereocenters. The number of aromatic nitrogens is 1. The summed E-state index contributed by atoms with van der Waals surface area (Å²) < 4.78 is 5.99. The molecule has 5 nitrogen and oxygen atoms in total. The van der Waals surface area contributed by atoms with Crippen LogP contribution in [0.3, 0.4) is 0 Å². The quantitative estimate of drug-likeness (QED) is 0.581. The first-order valence-corrected chi connectivity index (χ1v) is 7.28. The highest BCUT2D eigenvalue weighted by atomic mass is 31.2. The van der Waals surface area contributed by atoms with Gasteiger partial charge in [-0.2, -0.15) is 0 Å². The number of aromatic amines is 1. The number of nitrogens with one attached hydrogen (secondary N) is 1. The zero-order valence-electron chi connectivity index (χ0n) is 11.4. The molecule has 0 saturated heterocycles. The predicted octanol–water partition coefficient (Wildman–Crippen LogP) is 2.01. The number of nitrogens with zero attached hydrogens (tertiary/aromatic N) is 1. The molecule has 0 aliphatic rings. The summed E-state index contributed by atoms with van der Waals surface area (Å²) in [7, 11) is 4.04. The Labute approximate surface area is 114 Å². The van der Waals surface area contributed by atoms with Gasteiger partial charge in [0.25, 0.3) is 0 Å². The van der Waals surface area contributed by atoms with E-state index < -0.39 is 8.60 Å².